The smallest absolute Gasteiger partial charge is 0.343 e. The van der Waals surface area contributed by atoms with Gasteiger partial charge in [-0.3, -0.25) is 0 Å². The number of hydrogen-bond donors (Lipinski definition) is 1. The zero-order valence-electron chi connectivity index (χ0n) is 18.4. The molecule has 2 aromatic carbocycles. The minimum Gasteiger partial charge on any atom is -0.507 e. The van der Waals surface area contributed by atoms with Gasteiger partial charge in [-0.15, -0.1) is 0 Å². The largest absolute Gasteiger partial charge is 0.507 e. The van der Waals surface area contributed by atoms with Gasteiger partial charge in [0.25, 0.3) is 0 Å². The van der Waals surface area contributed by atoms with E-state index >= 15 is 0 Å². The van der Waals surface area contributed by atoms with Gasteiger partial charge in [-0.1, -0.05) is 89.0 Å². The Morgan fingerprint density at radius 2 is 1.48 bits per heavy atom. The van der Waals surface area contributed by atoms with E-state index in [0.29, 0.717) is 17.4 Å². The number of aromatic hydroxyl groups is 1. The lowest BCUT2D eigenvalue weighted by Crippen LogP contribution is -2.14. The van der Waals surface area contributed by atoms with Crippen LogP contribution in [0, 0.1) is 5.82 Å². The summed E-state index contributed by atoms with van der Waals surface area (Å²) in [6.45, 7) is 2.23. The molecule has 4 heteroatoms. The summed E-state index contributed by atoms with van der Waals surface area (Å²) in [5, 5.41) is 11.5. The van der Waals surface area contributed by atoms with Crippen molar-refractivity contribution in [2.75, 3.05) is 0 Å². The zero-order chi connectivity index (χ0) is 22.1. The van der Waals surface area contributed by atoms with Crippen LogP contribution in [0.5, 0.6) is 5.75 Å². The number of para-hydroxylation sites is 1. The first-order valence-corrected chi connectivity index (χ1v) is 11.6. The van der Waals surface area contributed by atoms with Crippen molar-refractivity contribution in [3.63, 3.8) is 0 Å². The summed E-state index contributed by atoms with van der Waals surface area (Å²) in [6, 6.07) is 13.2. The first-order valence-electron chi connectivity index (χ1n) is 11.6. The van der Waals surface area contributed by atoms with E-state index in [9.17, 15) is 14.3 Å². The third-order valence-corrected chi connectivity index (χ3v) is 6.04. The fourth-order valence-corrected chi connectivity index (χ4v) is 4.29. The topological polar surface area (TPSA) is 50.4 Å². The third-order valence-electron chi connectivity index (χ3n) is 6.04. The van der Waals surface area contributed by atoms with Gasteiger partial charge in [-0.25, -0.2) is 9.18 Å². The Morgan fingerprint density at radius 3 is 2.16 bits per heavy atom. The van der Waals surface area contributed by atoms with Crippen molar-refractivity contribution in [2.24, 2.45) is 0 Å². The number of benzene rings is 2. The SMILES string of the molecule is CCCCCCCCCCCC(c1ccc(F)cc1)c1c(O)c2ccccc2oc1=O. The van der Waals surface area contributed by atoms with Gasteiger partial charge in [0.15, 0.2) is 0 Å². The summed E-state index contributed by atoms with van der Waals surface area (Å²) < 4.78 is 19.0. The highest BCUT2D eigenvalue weighted by Gasteiger charge is 2.24. The molecule has 166 valence electrons. The maximum Gasteiger partial charge on any atom is 0.343 e. The molecule has 0 fully saturated rings. The van der Waals surface area contributed by atoms with Crippen molar-refractivity contribution in [1.29, 1.82) is 0 Å². The summed E-state index contributed by atoms with van der Waals surface area (Å²) in [7, 11) is 0. The molecule has 0 amide bonds. The van der Waals surface area contributed by atoms with Gasteiger partial charge in [-0.2, -0.15) is 0 Å². The van der Waals surface area contributed by atoms with Crippen LogP contribution < -0.4 is 5.63 Å². The minimum absolute atomic E-state index is 0.0305. The number of hydrogen-bond acceptors (Lipinski definition) is 3. The quantitative estimate of drug-likeness (QED) is 0.239. The van der Waals surface area contributed by atoms with Crippen molar-refractivity contribution < 1.29 is 13.9 Å². The molecule has 0 aliphatic heterocycles. The fraction of sp³-hybridized carbons (Fsp3) is 0.444. The van der Waals surface area contributed by atoms with Gasteiger partial charge in [0, 0.05) is 5.92 Å². The van der Waals surface area contributed by atoms with Crippen LogP contribution in [0.2, 0.25) is 0 Å². The molecule has 0 aliphatic carbocycles. The number of halogens is 1. The summed E-state index contributed by atoms with van der Waals surface area (Å²) >= 11 is 0. The lowest BCUT2D eigenvalue weighted by Gasteiger charge is -2.19. The van der Waals surface area contributed by atoms with Crippen LogP contribution in [0.25, 0.3) is 11.0 Å². The van der Waals surface area contributed by atoms with E-state index < -0.39 is 5.63 Å². The lowest BCUT2D eigenvalue weighted by molar-refractivity contribution is 0.445. The molecule has 1 aromatic heterocycles. The average molecular weight is 425 g/mol. The van der Waals surface area contributed by atoms with Crippen molar-refractivity contribution in [1.82, 2.24) is 0 Å². The van der Waals surface area contributed by atoms with Crippen LogP contribution in [0.3, 0.4) is 0 Å². The van der Waals surface area contributed by atoms with Gasteiger partial charge >= 0.3 is 5.63 Å². The highest BCUT2D eigenvalue weighted by molar-refractivity contribution is 5.84. The van der Waals surface area contributed by atoms with E-state index in [1.54, 1.807) is 36.4 Å². The molecule has 3 nitrogen and oxygen atoms in total. The maximum atomic E-state index is 13.5. The lowest BCUT2D eigenvalue weighted by atomic mass is 9.86. The van der Waals surface area contributed by atoms with E-state index in [1.165, 1.54) is 57.1 Å². The minimum atomic E-state index is -0.526. The van der Waals surface area contributed by atoms with Gasteiger partial charge in [0.2, 0.25) is 0 Å². The molecule has 3 aromatic rings. The predicted molar refractivity (Wildman–Crippen MR) is 124 cm³/mol. The van der Waals surface area contributed by atoms with E-state index in [2.05, 4.69) is 6.92 Å². The Labute approximate surface area is 183 Å². The highest BCUT2D eigenvalue weighted by Crippen LogP contribution is 2.37. The first-order chi connectivity index (χ1) is 15.1. The molecule has 1 heterocycles. The second-order valence-electron chi connectivity index (χ2n) is 8.37. The zero-order valence-corrected chi connectivity index (χ0v) is 18.4. The van der Waals surface area contributed by atoms with Crippen molar-refractivity contribution in [3.8, 4) is 5.75 Å². The van der Waals surface area contributed by atoms with Crippen LogP contribution >= 0.6 is 0 Å². The average Bonchev–Trinajstić information content (AvgIpc) is 2.77. The van der Waals surface area contributed by atoms with Gasteiger partial charge in [0.05, 0.1) is 10.9 Å². The van der Waals surface area contributed by atoms with Crippen LogP contribution in [-0.4, -0.2) is 5.11 Å². The number of unbranched alkanes of at least 4 members (excludes halogenated alkanes) is 8. The van der Waals surface area contributed by atoms with E-state index in [4.69, 9.17) is 4.42 Å². The molecule has 1 N–H and O–H groups in total. The van der Waals surface area contributed by atoms with E-state index in [1.807, 2.05) is 0 Å². The second-order valence-corrected chi connectivity index (χ2v) is 8.37. The molecule has 31 heavy (non-hydrogen) atoms. The van der Waals surface area contributed by atoms with E-state index in [-0.39, 0.29) is 23.0 Å². The predicted octanol–water partition coefficient (Wildman–Crippen LogP) is 7.69. The molecule has 1 atom stereocenters. The Kier molecular flexibility index (Phi) is 8.69. The molecular formula is C27H33FO3. The van der Waals surface area contributed by atoms with Crippen LogP contribution in [0.1, 0.15) is 88.2 Å². The standard InChI is InChI=1S/C27H33FO3/c1-2-3-4-5-6-7-8-9-10-13-22(20-16-18-21(28)19-17-20)25-26(29)23-14-11-12-15-24(23)31-27(25)30/h11-12,14-19,22,29H,2-10,13H2,1H3. The van der Waals surface area contributed by atoms with Crippen LogP contribution in [0.15, 0.2) is 57.7 Å². The van der Waals surface area contributed by atoms with Crippen molar-refractivity contribution in [3.05, 3.63) is 75.9 Å². The molecule has 0 aliphatic rings. The fourth-order valence-electron chi connectivity index (χ4n) is 4.29. The van der Waals surface area contributed by atoms with Gasteiger partial charge < -0.3 is 9.52 Å². The normalized spacial score (nSPS) is 12.3. The molecule has 0 saturated heterocycles. The van der Waals surface area contributed by atoms with Gasteiger partial charge in [0.1, 0.15) is 17.1 Å². The summed E-state index contributed by atoms with van der Waals surface area (Å²) in [6.07, 6.45) is 11.6. The summed E-state index contributed by atoms with van der Waals surface area (Å²) in [4.78, 5) is 12.8. The van der Waals surface area contributed by atoms with Crippen LogP contribution in [0.4, 0.5) is 4.39 Å². The molecule has 0 spiro atoms. The van der Waals surface area contributed by atoms with E-state index in [0.717, 1.165) is 18.4 Å². The van der Waals surface area contributed by atoms with Crippen molar-refractivity contribution in [2.45, 2.75) is 77.0 Å². The van der Waals surface area contributed by atoms with Crippen LogP contribution in [-0.2, 0) is 0 Å². The molecule has 0 bridgehead atoms. The molecule has 3 rings (SSSR count). The number of rotatable bonds is 12. The third kappa shape index (κ3) is 6.19. The number of fused-ring (bicyclic) bond motifs is 1. The Morgan fingerprint density at radius 1 is 0.871 bits per heavy atom. The monoisotopic (exact) mass is 424 g/mol. The molecular weight excluding hydrogens is 391 g/mol. The second kappa shape index (κ2) is 11.7. The molecule has 0 radical (unpaired) electrons. The Balaban J connectivity index is 1.74. The first kappa shape index (κ1) is 23.1. The Hall–Kier alpha value is -2.62. The molecule has 1 unspecified atom stereocenters. The molecule has 0 saturated carbocycles. The summed E-state index contributed by atoms with van der Waals surface area (Å²) in [5.41, 5.74) is 0.930. The Bertz CT molecular complexity index is 1010. The summed E-state index contributed by atoms with van der Waals surface area (Å²) in [5.74, 6) is -0.677. The van der Waals surface area contributed by atoms with Crippen molar-refractivity contribution >= 4 is 11.0 Å². The highest BCUT2D eigenvalue weighted by atomic mass is 19.1. The maximum absolute atomic E-state index is 13.5. The van der Waals surface area contributed by atoms with Gasteiger partial charge in [-0.05, 0) is 36.2 Å².